The Balaban J connectivity index is 3.15. The number of hydrogen-bond donors (Lipinski definition) is 1. The lowest BCUT2D eigenvalue weighted by molar-refractivity contribution is -0.383. The minimum Gasteiger partial charge on any atom is -0.383 e. The molecule has 0 saturated heterocycles. The van der Waals surface area contributed by atoms with Crippen LogP contribution in [0.2, 0.25) is 0 Å². The molecule has 6 nitrogen and oxygen atoms in total. The van der Waals surface area contributed by atoms with Crippen molar-refractivity contribution in [2.24, 2.45) is 0 Å². The van der Waals surface area contributed by atoms with Crippen LogP contribution in [0.5, 0.6) is 0 Å². The Bertz CT molecular complexity index is 486. The first-order chi connectivity index (χ1) is 8.92. The fraction of sp³-hybridized carbons (Fsp3) is 0.462. The van der Waals surface area contributed by atoms with E-state index in [1.807, 2.05) is 20.8 Å². The van der Waals surface area contributed by atoms with E-state index in [2.05, 4.69) is 5.32 Å². The van der Waals surface area contributed by atoms with Crippen LogP contribution in [0.15, 0.2) is 18.2 Å². The minimum absolute atomic E-state index is 0.0355. The van der Waals surface area contributed by atoms with Gasteiger partial charge in [0.05, 0.1) is 4.92 Å². The van der Waals surface area contributed by atoms with Gasteiger partial charge >= 0.3 is 0 Å². The van der Waals surface area contributed by atoms with Gasteiger partial charge in [0.1, 0.15) is 5.69 Å². The molecule has 1 aromatic rings. The molecule has 1 rings (SSSR count). The lowest BCUT2D eigenvalue weighted by Gasteiger charge is -2.25. The van der Waals surface area contributed by atoms with Crippen LogP contribution in [-0.4, -0.2) is 35.4 Å². The van der Waals surface area contributed by atoms with Gasteiger partial charge in [-0.05, 0) is 32.9 Å². The van der Waals surface area contributed by atoms with Gasteiger partial charge in [-0.2, -0.15) is 0 Å². The van der Waals surface area contributed by atoms with E-state index < -0.39 is 4.92 Å². The summed E-state index contributed by atoms with van der Waals surface area (Å²) in [5.74, 6) is -0.121. The van der Waals surface area contributed by atoms with E-state index >= 15 is 0 Å². The fourth-order valence-corrected chi connectivity index (χ4v) is 1.94. The first kappa shape index (κ1) is 14.9. The topological polar surface area (TPSA) is 75.5 Å². The summed E-state index contributed by atoms with van der Waals surface area (Å²) < 4.78 is 0. The van der Waals surface area contributed by atoms with E-state index in [0.29, 0.717) is 17.8 Å². The first-order valence-electron chi connectivity index (χ1n) is 6.19. The normalized spacial score (nSPS) is 10.4. The Morgan fingerprint density at radius 3 is 2.53 bits per heavy atom. The largest absolute Gasteiger partial charge is 0.383 e. The van der Waals surface area contributed by atoms with E-state index in [9.17, 15) is 14.9 Å². The molecule has 0 saturated carbocycles. The number of anilines is 1. The maximum absolute atomic E-state index is 12.3. The van der Waals surface area contributed by atoms with Crippen molar-refractivity contribution in [1.29, 1.82) is 0 Å². The molecule has 0 unspecified atom stereocenters. The monoisotopic (exact) mass is 265 g/mol. The van der Waals surface area contributed by atoms with Gasteiger partial charge in [-0.3, -0.25) is 14.9 Å². The maximum Gasteiger partial charge on any atom is 0.292 e. The van der Waals surface area contributed by atoms with Gasteiger partial charge in [0, 0.05) is 31.3 Å². The predicted octanol–water partition coefficient (Wildman–Crippen LogP) is 2.51. The van der Waals surface area contributed by atoms with Crippen LogP contribution in [0.25, 0.3) is 0 Å². The molecule has 1 amide bonds. The average molecular weight is 265 g/mol. The van der Waals surface area contributed by atoms with Crippen molar-refractivity contribution >= 4 is 17.3 Å². The summed E-state index contributed by atoms with van der Waals surface area (Å²) in [7, 11) is 1.59. The van der Waals surface area contributed by atoms with Crippen LogP contribution < -0.4 is 5.32 Å². The summed E-state index contributed by atoms with van der Waals surface area (Å²) in [6, 6.07) is 4.45. The van der Waals surface area contributed by atoms with Crippen LogP contribution in [0, 0.1) is 10.1 Å². The van der Waals surface area contributed by atoms with E-state index in [4.69, 9.17) is 0 Å². The molecule has 1 N–H and O–H groups in total. The molecular weight excluding hydrogens is 246 g/mol. The van der Waals surface area contributed by atoms with Crippen molar-refractivity contribution in [3.63, 3.8) is 0 Å². The van der Waals surface area contributed by atoms with Gasteiger partial charge in [0.25, 0.3) is 11.6 Å². The second kappa shape index (κ2) is 6.17. The number of nitro benzene ring substituents is 1. The third-order valence-corrected chi connectivity index (χ3v) is 2.93. The molecule has 0 aromatic heterocycles. The number of carbonyl (C=O) groups excluding carboxylic acids is 1. The van der Waals surface area contributed by atoms with Gasteiger partial charge in [-0.25, -0.2) is 0 Å². The van der Waals surface area contributed by atoms with Crippen LogP contribution in [0.4, 0.5) is 11.4 Å². The molecule has 0 aliphatic heterocycles. The molecule has 0 bridgehead atoms. The molecule has 6 heteroatoms. The Morgan fingerprint density at radius 2 is 2.11 bits per heavy atom. The van der Waals surface area contributed by atoms with Crippen LogP contribution in [0.3, 0.4) is 0 Å². The molecule has 0 heterocycles. The highest BCUT2D eigenvalue weighted by atomic mass is 16.6. The molecular formula is C13H19N3O3. The highest BCUT2D eigenvalue weighted by Crippen LogP contribution is 2.25. The number of rotatable bonds is 5. The molecule has 0 atom stereocenters. The second-order valence-electron chi connectivity index (χ2n) is 4.42. The summed E-state index contributed by atoms with van der Waals surface area (Å²) in [6.07, 6.45) is 0. The molecule has 0 spiro atoms. The average Bonchev–Trinajstić information content (AvgIpc) is 2.37. The molecule has 1 aromatic carbocycles. The summed E-state index contributed by atoms with van der Waals surface area (Å²) in [5.41, 5.74) is 0.757. The van der Waals surface area contributed by atoms with E-state index in [1.54, 1.807) is 11.9 Å². The van der Waals surface area contributed by atoms with Gasteiger partial charge in [-0.15, -0.1) is 0 Å². The Kier molecular flexibility index (Phi) is 4.86. The lowest BCUT2D eigenvalue weighted by Crippen LogP contribution is -2.36. The summed E-state index contributed by atoms with van der Waals surface area (Å²) >= 11 is 0. The quantitative estimate of drug-likeness (QED) is 0.655. The Hall–Kier alpha value is -2.11. The standard InChI is InChI=1S/C13H19N3O3/c1-5-15(9(2)3)13(17)10-6-7-12(16(18)19)11(8-10)14-4/h6-9,14H,5H2,1-4H3. The van der Waals surface area contributed by atoms with Crippen LogP contribution in [-0.2, 0) is 0 Å². The number of carbonyl (C=O) groups is 1. The smallest absolute Gasteiger partial charge is 0.292 e. The van der Waals surface area contributed by atoms with E-state index in [1.165, 1.54) is 18.2 Å². The molecule has 0 aliphatic rings. The van der Waals surface area contributed by atoms with Crippen molar-refractivity contribution in [2.45, 2.75) is 26.8 Å². The zero-order valence-corrected chi connectivity index (χ0v) is 11.6. The van der Waals surface area contributed by atoms with Crippen LogP contribution in [0.1, 0.15) is 31.1 Å². The predicted molar refractivity (Wildman–Crippen MR) is 74.5 cm³/mol. The first-order valence-corrected chi connectivity index (χ1v) is 6.19. The number of nitro groups is 1. The van der Waals surface area contributed by atoms with Crippen molar-refractivity contribution in [1.82, 2.24) is 4.90 Å². The minimum atomic E-state index is -0.472. The van der Waals surface area contributed by atoms with Gasteiger partial charge in [-0.1, -0.05) is 0 Å². The van der Waals surface area contributed by atoms with Crippen molar-refractivity contribution in [2.75, 3.05) is 18.9 Å². The number of benzene rings is 1. The van der Waals surface area contributed by atoms with Crippen LogP contribution >= 0.6 is 0 Å². The number of nitrogens with one attached hydrogen (secondary N) is 1. The van der Waals surface area contributed by atoms with Crippen molar-refractivity contribution < 1.29 is 9.72 Å². The van der Waals surface area contributed by atoms with E-state index in [0.717, 1.165) is 0 Å². The number of hydrogen-bond acceptors (Lipinski definition) is 4. The van der Waals surface area contributed by atoms with Crippen molar-refractivity contribution in [3.05, 3.63) is 33.9 Å². The Labute approximate surface area is 112 Å². The number of amides is 1. The van der Waals surface area contributed by atoms with Gasteiger partial charge < -0.3 is 10.2 Å². The third-order valence-electron chi connectivity index (χ3n) is 2.93. The molecule has 0 aliphatic carbocycles. The molecule has 19 heavy (non-hydrogen) atoms. The highest BCUT2D eigenvalue weighted by Gasteiger charge is 2.20. The molecule has 104 valence electrons. The highest BCUT2D eigenvalue weighted by molar-refractivity contribution is 5.96. The molecule has 0 radical (unpaired) electrons. The fourth-order valence-electron chi connectivity index (χ4n) is 1.94. The summed E-state index contributed by atoms with van der Waals surface area (Å²) in [6.45, 7) is 6.38. The summed E-state index contributed by atoms with van der Waals surface area (Å²) in [4.78, 5) is 24.4. The lowest BCUT2D eigenvalue weighted by atomic mass is 10.1. The van der Waals surface area contributed by atoms with E-state index in [-0.39, 0.29) is 17.6 Å². The summed E-state index contributed by atoms with van der Waals surface area (Å²) in [5, 5.41) is 13.6. The van der Waals surface area contributed by atoms with Gasteiger partial charge in [0.2, 0.25) is 0 Å². The SMILES string of the molecule is CCN(C(=O)c1ccc([N+](=O)[O-])c(NC)c1)C(C)C. The zero-order valence-electron chi connectivity index (χ0n) is 11.6. The number of nitrogens with zero attached hydrogens (tertiary/aromatic N) is 2. The Morgan fingerprint density at radius 1 is 1.47 bits per heavy atom. The zero-order chi connectivity index (χ0) is 14.6. The maximum atomic E-state index is 12.3. The molecule has 0 fully saturated rings. The second-order valence-corrected chi connectivity index (χ2v) is 4.42. The third kappa shape index (κ3) is 3.21. The van der Waals surface area contributed by atoms with Gasteiger partial charge in [0.15, 0.2) is 0 Å². The van der Waals surface area contributed by atoms with Crippen molar-refractivity contribution in [3.8, 4) is 0 Å².